The van der Waals surface area contributed by atoms with Crippen molar-refractivity contribution in [3.8, 4) is 18.1 Å². The quantitative estimate of drug-likeness (QED) is 0.318. The Morgan fingerprint density at radius 1 is 1.10 bits per heavy atom. The van der Waals surface area contributed by atoms with Crippen LogP contribution in [0.1, 0.15) is 16.7 Å². The number of hydrogen-bond donors (Lipinski definition) is 2. The molecule has 0 saturated heterocycles. The molecule has 0 aromatic heterocycles. The Morgan fingerprint density at radius 3 is 2.23 bits per heavy atom. The summed E-state index contributed by atoms with van der Waals surface area (Å²) in [5.41, 5.74) is 2.18. The van der Waals surface area contributed by atoms with E-state index in [1.165, 1.54) is 6.21 Å². The molecule has 6 heteroatoms. The van der Waals surface area contributed by atoms with Crippen LogP contribution in [0.4, 0.5) is 0 Å². The molecule has 0 fully saturated rings. The highest BCUT2D eigenvalue weighted by atomic mass is 79.9. The third-order valence-electron chi connectivity index (χ3n) is 4.36. The molecule has 0 radical (unpaired) electrons. The van der Waals surface area contributed by atoms with Crippen LogP contribution in [0.15, 0.2) is 88.4 Å². The average Bonchev–Trinajstić information content (AvgIpc) is 2.79. The number of ether oxygens (including phenoxy) is 1. The van der Waals surface area contributed by atoms with Crippen LogP contribution in [-0.2, 0) is 10.4 Å². The highest BCUT2D eigenvalue weighted by molar-refractivity contribution is 9.10. The predicted octanol–water partition coefficient (Wildman–Crippen LogP) is 3.85. The first kappa shape index (κ1) is 21.3. The Morgan fingerprint density at radius 2 is 1.70 bits per heavy atom. The Bertz CT molecular complexity index is 1040. The minimum absolute atomic E-state index is 0.166. The molecule has 0 aliphatic carbocycles. The first-order valence-corrected chi connectivity index (χ1v) is 9.87. The number of benzene rings is 3. The standard InChI is InChI=1S/C24H19BrN2O3/c1-2-15-30-22-14-13-18(16-21(22)25)17-26-27-23(28)24(29,19-9-5-3-6-10-19)20-11-7-4-8-12-20/h1,3-14,16-17,29H,15H2,(H,27,28)/b26-17+. The van der Waals surface area contributed by atoms with Crippen LogP contribution >= 0.6 is 15.9 Å². The Kier molecular flexibility index (Phi) is 7.02. The lowest BCUT2D eigenvalue weighted by molar-refractivity contribution is -0.136. The van der Waals surface area contributed by atoms with Gasteiger partial charge in [0.05, 0.1) is 10.7 Å². The summed E-state index contributed by atoms with van der Waals surface area (Å²) in [6.45, 7) is 0.166. The number of halogens is 1. The van der Waals surface area contributed by atoms with E-state index in [0.717, 1.165) is 5.56 Å². The molecule has 2 N–H and O–H groups in total. The monoisotopic (exact) mass is 462 g/mol. The third-order valence-corrected chi connectivity index (χ3v) is 4.98. The number of amides is 1. The van der Waals surface area contributed by atoms with E-state index in [9.17, 15) is 9.90 Å². The van der Waals surface area contributed by atoms with Crippen LogP contribution in [0.2, 0.25) is 0 Å². The molecule has 0 bridgehead atoms. The lowest BCUT2D eigenvalue weighted by Crippen LogP contribution is -2.43. The van der Waals surface area contributed by atoms with Crippen molar-refractivity contribution in [2.45, 2.75) is 5.60 Å². The van der Waals surface area contributed by atoms with Crippen molar-refractivity contribution in [3.05, 3.63) is 100 Å². The summed E-state index contributed by atoms with van der Waals surface area (Å²) in [5.74, 6) is 2.35. The van der Waals surface area contributed by atoms with Crippen molar-refractivity contribution in [2.24, 2.45) is 5.10 Å². The molecule has 3 aromatic rings. The summed E-state index contributed by atoms with van der Waals surface area (Å²) >= 11 is 3.41. The van der Waals surface area contributed by atoms with Gasteiger partial charge in [0.15, 0.2) is 5.60 Å². The first-order chi connectivity index (χ1) is 14.6. The zero-order valence-corrected chi connectivity index (χ0v) is 17.5. The van der Waals surface area contributed by atoms with Gasteiger partial charge in [0.25, 0.3) is 5.91 Å². The van der Waals surface area contributed by atoms with E-state index in [2.05, 4.69) is 32.4 Å². The minimum atomic E-state index is -1.88. The van der Waals surface area contributed by atoms with Crippen LogP contribution in [0.5, 0.6) is 5.75 Å². The summed E-state index contributed by atoms with van der Waals surface area (Å²) in [7, 11) is 0. The maximum atomic E-state index is 13.0. The molecule has 0 saturated carbocycles. The molecule has 0 heterocycles. The number of terminal acetylenes is 1. The second-order valence-electron chi connectivity index (χ2n) is 6.32. The smallest absolute Gasteiger partial charge is 0.281 e. The van der Waals surface area contributed by atoms with Crippen molar-refractivity contribution >= 4 is 28.1 Å². The summed E-state index contributed by atoms with van der Waals surface area (Å²) in [4.78, 5) is 13.0. The van der Waals surface area contributed by atoms with Crippen molar-refractivity contribution in [1.29, 1.82) is 0 Å². The first-order valence-electron chi connectivity index (χ1n) is 9.08. The second-order valence-corrected chi connectivity index (χ2v) is 7.18. The van der Waals surface area contributed by atoms with E-state index in [-0.39, 0.29) is 6.61 Å². The number of hydrogen-bond acceptors (Lipinski definition) is 4. The average molecular weight is 463 g/mol. The van der Waals surface area contributed by atoms with Gasteiger partial charge in [-0.15, -0.1) is 6.42 Å². The number of nitrogens with one attached hydrogen (secondary N) is 1. The van der Waals surface area contributed by atoms with E-state index in [1.54, 1.807) is 66.7 Å². The molecule has 1 amide bonds. The van der Waals surface area contributed by atoms with Gasteiger partial charge in [0.1, 0.15) is 12.4 Å². The van der Waals surface area contributed by atoms with E-state index in [4.69, 9.17) is 11.2 Å². The minimum Gasteiger partial charge on any atom is -0.480 e. The van der Waals surface area contributed by atoms with Gasteiger partial charge in [0, 0.05) is 0 Å². The maximum Gasteiger partial charge on any atom is 0.281 e. The Balaban J connectivity index is 1.80. The predicted molar refractivity (Wildman–Crippen MR) is 120 cm³/mol. The normalized spacial score (nSPS) is 11.1. The van der Waals surface area contributed by atoms with E-state index in [1.807, 2.05) is 12.1 Å². The molecule has 3 rings (SSSR count). The third kappa shape index (κ3) is 4.77. The molecule has 0 unspecified atom stereocenters. The summed E-state index contributed by atoms with van der Waals surface area (Å²) in [6, 6.07) is 22.8. The van der Waals surface area contributed by atoms with Crippen molar-refractivity contribution < 1.29 is 14.6 Å². The second kappa shape index (κ2) is 9.88. The highest BCUT2D eigenvalue weighted by Crippen LogP contribution is 2.30. The molecular formula is C24H19BrN2O3. The fraction of sp³-hybridized carbons (Fsp3) is 0.0833. The van der Waals surface area contributed by atoms with Gasteiger partial charge < -0.3 is 9.84 Å². The van der Waals surface area contributed by atoms with Crippen LogP contribution < -0.4 is 10.2 Å². The zero-order valence-electron chi connectivity index (χ0n) is 16.0. The van der Waals surface area contributed by atoms with Gasteiger partial charge in [-0.1, -0.05) is 66.6 Å². The molecule has 3 aromatic carbocycles. The van der Waals surface area contributed by atoms with Crippen molar-refractivity contribution in [2.75, 3.05) is 6.61 Å². The molecule has 5 nitrogen and oxygen atoms in total. The van der Waals surface area contributed by atoms with E-state index in [0.29, 0.717) is 21.3 Å². The van der Waals surface area contributed by atoms with Gasteiger partial charge >= 0.3 is 0 Å². The van der Waals surface area contributed by atoms with Crippen molar-refractivity contribution in [3.63, 3.8) is 0 Å². The maximum absolute atomic E-state index is 13.0. The number of nitrogens with zero attached hydrogens (tertiary/aromatic N) is 1. The van der Waals surface area contributed by atoms with Crippen LogP contribution in [0, 0.1) is 12.3 Å². The molecule has 0 spiro atoms. The number of carbonyl (C=O) groups is 1. The molecule has 30 heavy (non-hydrogen) atoms. The van der Waals surface area contributed by atoms with Gasteiger partial charge in [-0.3, -0.25) is 4.79 Å². The summed E-state index contributed by atoms with van der Waals surface area (Å²) in [6.07, 6.45) is 6.67. The highest BCUT2D eigenvalue weighted by Gasteiger charge is 2.39. The van der Waals surface area contributed by atoms with Gasteiger partial charge in [0.2, 0.25) is 0 Å². The van der Waals surface area contributed by atoms with Gasteiger partial charge in [-0.05, 0) is 50.8 Å². The van der Waals surface area contributed by atoms with Crippen LogP contribution in [0.25, 0.3) is 0 Å². The number of carbonyl (C=O) groups excluding carboxylic acids is 1. The zero-order chi connectivity index (χ0) is 21.4. The topological polar surface area (TPSA) is 70.9 Å². The Labute approximate surface area is 183 Å². The molecular weight excluding hydrogens is 444 g/mol. The molecule has 0 aliphatic rings. The lowest BCUT2D eigenvalue weighted by atomic mass is 9.85. The van der Waals surface area contributed by atoms with E-state index < -0.39 is 11.5 Å². The SMILES string of the molecule is C#CCOc1ccc(/C=N/NC(=O)C(O)(c2ccccc2)c2ccccc2)cc1Br. The largest absolute Gasteiger partial charge is 0.480 e. The lowest BCUT2D eigenvalue weighted by Gasteiger charge is -2.27. The van der Waals surface area contributed by atoms with Gasteiger partial charge in [-0.25, -0.2) is 5.43 Å². The molecule has 150 valence electrons. The fourth-order valence-corrected chi connectivity index (χ4v) is 3.38. The number of rotatable bonds is 7. The van der Waals surface area contributed by atoms with E-state index >= 15 is 0 Å². The number of aliphatic hydroxyl groups is 1. The molecule has 0 atom stereocenters. The summed E-state index contributed by atoms with van der Waals surface area (Å²) < 4.78 is 6.10. The summed E-state index contributed by atoms with van der Waals surface area (Å²) in [5, 5.41) is 15.4. The van der Waals surface area contributed by atoms with Crippen LogP contribution in [-0.4, -0.2) is 23.8 Å². The number of hydrazone groups is 1. The Hall–Kier alpha value is -3.40. The van der Waals surface area contributed by atoms with Gasteiger partial charge in [-0.2, -0.15) is 5.10 Å². The molecule has 0 aliphatic heterocycles. The fourth-order valence-electron chi connectivity index (χ4n) is 2.87. The van der Waals surface area contributed by atoms with Crippen LogP contribution in [0.3, 0.4) is 0 Å². The van der Waals surface area contributed by atoms with Crippen molar-refractivity contribution in [1.82, 2.24) is 5.43 Å².